The van der Waals surface area contributed by atoms with Crippen LogP contribution in [0.5, 0.6) is 0 Å². The van der Waals surface area contributed by atoms with Crippen LogP contribution in [0.25, 0.3) is 55.7 Å². The third-order valence-corrected chi connectivity index (χ3v) is 6.39. The Morgan fingerprint density at radius 1 is 0.974 bits per heavy atom. The number of aromatic amines is 2. The molecule has 8 heteroatoms. The van der Waals surface area contributed by atoms with Gasteiger partial charge in [0.05, 0.1) is 28.8 Å². The molecular formula is C30H25FN6O. The van der Waals surface area contributed by atoms with Crippen LogP contribution in [0, 0.1) is 11.7 Å². The summed E-state index contributed by atoms with van der Waals surface area (Å²) in [5, 5.41) is 11.5. The summed E-state index contributed by atoms with van der Waals surface area (Å²) in [5.74, 6) is -0.0383. The zero-order valence-corrected chi connectivity index (χ0v) is 20.9. The topological polar surface area (TPSA) is 99.4 Å². The van der Waals surface area contributed by atoms with Crippen LogP contribution in [0.4, 0.5) is 10.1 Å². The van der Waals surface area contributed by atoms with Gasteiger partial charge in [-0.3, -0.25) is 14.9 Å². The number of nitrogens with zero attached hydrogens (tertiary/aromatic N) is 3. The highest BCUT2D eigenvalue weighted by molar-refractivity contribution is 6.00. The minimum absolute atomic E-state index is 0.0432. The molecule has 4 aromatic heterocycles. The number of hydrogen-bond acceptors (Lipinski definition) is 4. The molecule has 0 saturated carbocycles. The predicted molar refractivity (Wildman–Crippen MR) is 148 cm³/mol. The Hall–Kier alpha value is -4.85. The number of hydrogen-bond donors (Lipinski definition) is 3. The average molecular weight is 505 g/mol. The third-order valence-electron chi connectivity index (χ3n) is 6.39. The number of halogens is 1. The van der Waals surface area contributed by atoms with Crippen LogP contribution in [-0.4, -0.2) is 31.1 Å². The number of nitrogens with one attached hydrogen (secondary N) is 3. The minimum Gasteiger partial charge on any atom is -0.353 e. The monoisotopic (exact) mass is 504 g/mol. The van der Waals surface area contributed by atoms with Crippen LogP contribution in [0.1, 0.15) is 20.3 Å². The van der Waals surface area contributed by atoms with Crippen LogP contribution >= 0.6 is 0 Å². The second-order valence-corrected chi connectivity index (χ2v) is 9.73. The zero-order chi connectivity index (χ0) is 26.2. The molecule has 4 heterocycles. The Balaban J connectivity index is 1.38. The summed E-state index contributed by atoms with van der Waals surface area (Å²) in [7, 11) is 0. The van der Waals surface area contributed by atoms with Crippen LogP contribution in [0.15, 0.2) is 79.1 Å². The number of carbonyl (C=O) groups excluding carboxylic acids is 1. The Morgan fingerprint density at radius 2 is 1.82 bits per heavy atom. The number of aromatic nitrogens is 5. The second-order valence-electron chi connectivity index (χ2n) is 9.73. The Labute approximate surface area is 218 Å². The van der Waals surface area contributed by atoms with Crippen molar-refractivity contribution in [3.8, 4) is 33.8 Å². The highest BCUT2D eigenvalue weighted by Crippen LogP contribution is 2.34. The maximum Gasteiger partial charge on any atom is 0.224 e. The molecule has 0 saturated heterocycles. The van der Waals surface area contributed by atoms with Gasteiger partial charge in [-0.15, -0.1) is 0 Å². The fourth-order valence-corrected chi connectivity index (χ4v) is 4.64. The molecule has 0 aliphatic rings. The van der Waals surface area contributed by atoms with Gasteiger partial charge in [-0.05, 0) is 59.5 Å². The molecule has 3 N–H and O–H groups in total. The van der Waals surface area contributed by atoms with Gasteiger partial charge in [-0.2, -0.15) is 5.10 Å². The van der Waals surface area contributed by atoms with Crippen LogP contribution in [0.3, 0.4) is 0 Å². The first-order valence-corrected chi connectivity index (χ1v) is 12.4. The molecule has 6 rings (SSSR count). The van der Waals surface area contributed by atoms with Crippen LogP contribution in [-0.2, 0) is 4.79 Å². The standard InChI is InChI=1S/C30H25FN6O/c1-17(2)12-28(38)33-21-13-19(15-32-16-21)24-10-11-26-29(35-24)30(37-36-26)27-14-23-22(4-3-5-25(23)34-27)18-6-8-20(31)9-7-18/h3-11,13-17,34H,12H2,1-2H3,(H,33,38)(H,36,37). The largest absolute Gasteiger partial charge is 0.353 e. The van der Waals surface area contributed by atoms with Gasteiger partial charge < -0.3 is 10.3 Å². The highest BCUT2D eigenvalue weighted by atomic mass is 19.1. The quantitative estimate of drug-likeness (QED) is 0.228. The van der Waals surface area contributed by atoms with Crippen LogP contribution in [0.2, 0.25) is 0 Å². The molecule has 0 fully saturated rings. The lowest BCUT2D eigenvalue weighted by molar-refractivity contribution is -0.116. The number of H-pyrrole nitrogens is 2. The van der Waals surface area contributed by atoms with E-state index in [9.17, 15) is 9.18 Å². The zero-order valence-electron chi connectivity index (χ0n) is 20.9. The van der Waals surface area contributed by atoms with Gasteiger partial charge in [0, 0.05) is 29.1 Å². The average Bonchev–Trinajstić information content (AvgIpc) is 3.52. The van der Waals surface area contributed by atoms with Crippen molar-refractivity contribution in [3.63, 3.8) is 0 Å². The number of fused-ring (bicyclic) bond motifs is 2. The lowest BCUT2D eigenvalue weighted by Gasteiger charge is -2.08. The lowest BCUT2D eigenvalue weighted by atomic mass is 10.0. The molecule has 38 heavy (non-hydrogen) atoms. The summed E-state index contributed by atoms with van der Waals surface area (Å²) in [5.41, 5.74) is 8.04. The van der Waals surface area contributed by atoms with E-state index in [0.29, 0.717) is 23.3 Å². The molecule has 1 amide bonds. The van der Waals surface area contributed by atoms with E-state index >= 15 is 0 Å². The molecule has 0 atom stereocenters. The van der Waals surface area contributed by atoms with Crippen LogP contribution < -0.4 is 5.32 Å². The molecular weight excluding hydrogens is 479 g/mol. The fourth-order valence-electron chi connectivity index (χ4n) is 4.64. The van der Waals surface area contributed by atoms with E-state index in [1.165, 1.54) is 12.1 Å². The van der Waals surface area contributed by atoms with E-state index in [-0.39, 0.29) is 17.6 Å². The first kappa shape index (κ1) is 23.5. The van der Waals surface area contributed by atoms with Crippen molar-refractivity contribution >= 4 is 33.5 Å². The number of rotatable bonds is 6. The van der Waals surface area contributed by atoms with E-state index in [0.717, 1.165) is 44.5 Å². The lowest BCUT2D eigenvalue weighted by Crippen LogP contribution is -2.13. The van der Waals surface area contributed by atoms with Gasteiger partial charge in [0.15, 0.2) is 0 Å². The van der Waals surface area contributed by atoms with Gasteiger partial charge >= 0.3 is 0 Å². The fraction of sp³-hybridized carbons (Fsp3) is 0.133. The van der Waals surface area contributed by atoms with Crippen molar-refractivity contribution in [1.82, 2.24) is 25.1 Å². The summed E-state index contributed by atoms with van der Waals surface area (Å²) >= 11 is 0. The van der Waals surface area contributed by atoms with Crippen molar-refractivity contribution in [2.24, 2.45) is 5.92 Å². The second kappa shape index (κ2) is 9.55. The molecule has 6 aromatic rings. The number of amides is 1. The molecule has 188 valence electrons. The summed E-state index contributed by atoms with van der Waals surface area (Å²) in [6, 6.07) is 20.2. The van der Waals surface area contributed by atoms with Crippen molar-refractivity contribution in [3.05, 3.63) is 84.9 Å². The summed E-state index contributed by atoms with van der Waals surface area (Å²) in [4.78, 5) is 24.9. The SMILES string of the molecule is CC(C)CC(=O)Nc1cncc(-c2ccc3[nH]nc(-c4cc5c(-c6ccc(F)cc6)cccc5[nH]4)c3n2)c1. The van der Waals surface area contributed by atoms with Gasteiger partial charge in [-0.1, -0.05) is 38.1 Å². The number of pyridine rings is 2. The Bertz CT molecular complexity index is 1780. The molecule has 0 radical (unpaired) electrons. The number of anilines is 1. The predicted octanol–water partition coefficient (Wildman–Crippen LogP) is 6.96. The van der Waals surface area contributed by atoms with E-state index in [1.807, 2.05) is 56.3 Å². The summed E-state index contributed by atoms with van der Waals surface area (Å²) in [6.07, 6.45) is 3.80. The molecule has 0 unspecified atom stereocenters. The normalized spacial score (nSPS) is 11.5. The summed E-state index contributed by atoms with van der Waals surface area (Å²) in [6.45, 7) is 4.01. The van der Waals surface area contributed by atoms with E-state index in [1.54, 1.807) is 24.5 Å². The van der Waals surface area contributed by atoms with E-state index < -0.39 is 0 Å². The van der Waals surface area contributed by atoms with Crippen molar-refractivity contribution < 1.29 is 9.18 Å². The summed E-state index contributed by atoms with van der Waals surface area (Å²) < 4.78 is 13.5. The van der Waals surface area contributed by atoms with Crippen molar-refractivity contribution in [2.45, 2.75) is 20.3 Å². The smallest absolute Gasteiger partial charge is 0.224 e. The maximum absolute atomic E-state index is 13.5. The van der Waals surface area contributed by atoms with Gasteiger partial charge in [0.1, 0.15) is 17.0 Å². The molecule has 0 aliphatic carbocycles. The Kier molecular flexibility index (Phi) is 5.92. The van der Waals surface area contributed by atoms with Gasteiger partial charge in [-0.25, -0.2) is 9.37 Å². The van der Waals surface area contributed by atoms with Crippen molar-refractivity contribution in [1.29, 1.82) is 0 Å². The molecule has 0 bridgehead atoms. The van der Waals surface area contributed by atoms with Gasteiger partial charge in [0.25, 0.3) is 0 Å². The molecule has 2 aromatic carbocycles. The third kappa shape index (κ3) is 4.52. The number of carbonyl (C=O) groups is 1. The van der Waals surface area contributed by atoms with E-state index in [4.69, 9.17) is 4.98 Å². The number of benzene rings is 2. The maximum atomic E-state index is 13.5. The van der Waals surface area contributed by atoms with E-state index in [2.05, 4.69) is 25.5 Å². The van der Waals surface area contributed by atoms with Gasteiger partial charge in [0.2, 0.25) is 5.91 Å². The molecule has 0 spiro atoms. The molecule has 0 aliphatic heterocycles. The highest BCUT2D eigenvalue weighted by Gasteiger charge is 2.16. The Morgan fingerprint density at radius 3 is 2.63 bits per heavy atom. The van der Waals surface area contributed by atoms with Crippen molar-refractivity contribution in [2.75, 3.05) is 5.32 Å². The first-order valence-electron chi connectivity index (χ1n) is 12.4. The first-order chi connectivity index (χ1) is 18.4. The minimum atomic E-state index is -0.265. The molecule has 7 nitrogen and oxygen atoms in total.